The highest BCUT2D eigenvalue weighted by Crippen LogP contribution is 2.45. The molecule has 2 amide bonds. The Morgan fingerprint density at radius 1 is 1.11 bits per heavy atom. The van der Waals surface area contributed by atoms with Crippen molar-refractivity contribution in [3.8, 4) is 11.4 Å². The van der Waals surface area contributed by atoms with E-state index in [1.165, 1.54) is 12.8 Å². The van der Waals surface area contributed by atoms with Crippen molar-refractivity contribution in [2.45, 2.75) is 51.0 Å². The molecule has 1 aliphatic carbocycles. The van der Waals surface area contributed by atoms with Gasteiger partial charge in [0.25, 0.3) is 0 Å². The van der Waals surface area contributed by atoms with Gasteiger partial charge in [-0.1, -0.05) is 54.2 Å². The SMILES string of the molecule is Cn1nnnc1-c1cccc(NC(=O)NC2CCCCC23CCN(CCc2ccc(Cl)cc2Cl)CC3)c1. The van der Waals surface area contributed by atoms with Crippen LogP contribution in [0.15, 0.2) is 42.5 Å². The third-order valence-electron chi connectivity index (χ3n) is 8.03. The standard InChI is InChI=1S/C27H33Cl2N7O/c1-35-25(32-33-34-35)20-5-4-6-22(17-20)30-26(37)31-24-7-2-3-11-27(24)12-15-36(16-13-27)14-10-19-8-9-21(28)18-23(19)29/h4-6,8-9,17-18,24H,2-3,7,10-16H2,1H3,(H2,30,31,37). The summed E-state index contributed by atoms with van der Waals surface area (Å²) in [5.74, 6) is 0.653. The number of nitrogens with zero attached hydrogens (tertiary/aromatic N) is 5. The van der Waals surface area contributed by atoms with Crippen LogP contribution in [0.3, 0.4) is 0 Å². The summed E-state index contributed by atoms with van der Waals surface area (Å²) >= 11 is 12.4. The van der Waals surface area contributed by atoms with Crippen LogP contribution in [-0.4, -0.2) is 56.8 Å². The maximum Gasteiger partial charge on any atom is 0.319 e. The number of benzene rings is 2. The van der Waals surface area contributed by atoms with Gasteiger partial charge in [0.2, 0.25) is 0 Å². The second-order valence-electron chi connectivity index (χ2n) is 10.3. The van der Waals surface area contributed by atoms with E-state index >= 15 is 0 Å². The number of hydrogen-bond donors (Lipinski definition) is 2. The van der Waals surface area contributed by atoms with E-state index in [4.69, 9.17) is 23.2 Å². The number of carbonyl (C=O) groups excluding carboxylic acids is 1. The summed E-state index contributed by atoms with van der Waals surface area (Å²) in [5.41, 5.74) is 2.88. The fourth-order valence-electron chi connectivity index (χ4n) is 5.89. The molecule has 0 radical (unpaired) electrons. The summed E-state index contributed by atoms with van der Waals surface area (Å²) in [4.78, 5) is 15.6. The molecule has 1 atom stereocenters. The van der Waals surface area contributed by atoms with Crippen LogP contribution in [-0.2, 0) is 13.5 Å². The van der Waals surface area contributed by atoms with Gasteiger partial charge >= 0.3 is 6.03 Å². The summed E-state index contributed by atoms with van der Waals surface area (Å²) < 4.78 is 1.61. The highest BCUT2D eigenvalue weighted by molar-refractivity contribution is 6.35. The van der Waals surface area contributed by atoms with E-state index in [1.807, 2.05) is 42.5 Å². The van der Waals surface area contributed by atoms with E-state index in [9.17, 15) is 4.79 Å². The fourth-order valence-corrected chi connectivity index (χ4v) is 6.39. The first-order chi connectivity index (χ1) is 17.9. The zero-order valence-electron chi connectivity index (χ0n) is 21.1. The van der Waals surface area contributed by atoms with Crippen LogP contribution < -0.4 is 10.6 Å². The Kier molecular flexibility index (Phi) is 7.98. The summed E-state index contributed by atoms with van der Waals surface area (Å²) in [7, 11) is 1.79. The fraction of sp³-hybridized carbons (Fsp3) is 0.481. The average Bonchev–Trinajstić information content (AvgIpc) is 3.32. The molecule has 10 heteroatoms. The van der Waals surface area contributed by atoms with Crippen molar-refractivity contribution in [1.29, 1.82) is 0 Å². The quantitative estimate of drug-likeness (QED) is 0.425. The molecule has 2 heterocycles. The maximum atomic E-state index is 13.1. The molecule has 2 aromatic carbocycles. The van der Waals surface area contributed by atoms with Crippen molar-refractivity contribution in [2.24, 2.45) is 12.5 Å². The molecule has 8 nitrogen and oxygen atoms in total. The molecule has 5 rings (SSSR count). The first kappa shape index (κ1) is 25.9. The van der Waals surface area contributed by atoms with Gasteiger partial charge in [0, 0.05) is 40.9 Å². The number of tetrazole rings is 1. The normalized spacial score (nSPS) is 19.6. The van der Waals surface area contributed by atoms with Gasteiger partial charge in [-0.3, -0.25) is 0 Å². The molecule has 1 aromatic heterocycles. The van der Waals surface area contributed by atoms with Crippen molar-refractivity contribution in [3.63, 3.8) is 0 Å². The number of hydrogen-bond acceptors (Lipinski definition) is 5. The Morgan fingerprint density at radius 3 is 2.70 bits per heavy atom. The monoisotopic (exact) mass is 541 g/mol. The lowest BCUT2D eigenvalue weighted by molar-refractivity contribution is 0.0400. The first-order valence-corrected chi connectivity index (χ1v) is 13.7. The van der Waals surface area contributed by atoms with Crippen LogP contribution in [0.2, 0.25) is 10.0 Å². The summed E-state index contributed by atoms with van der Waals surface area (Å²) in [5, 5.41) is 19.4. The Balaban J connectivity index is 1.17. The molecule has 1 saturated carbocycles. The molecule has 196 valence electrons. The number of likely N-dealkylation sites (tertiary alicyclic amines) is 1. The van der Waals surface area contributed by atoms with Gasteiger partial charge in [0.15, 0.2) is 5.82 Å². The second-order valence-corrected chi connectivity index (χ2v) is 11.1. The molecule has 1 spiro atoms. The molecule has 3 aromatic rings. The lowest BCUT2D eigenvalue weighted by Crippen LogP contribution is -2.55. The van der Waals surface area contributed by atoms with E-state index in [0.717, 1.165) is 73.6 Å². The molecule has 1 unspecified atom stereocenters. The molecule has 2 fully saturated rings. The van der Waals surface area contributed by atoms with E-state index in [2.05, 4.69) is 31.1 Å². The number of halogens is 2. The van der Waals surface area contributed by atoms with Crippen LogP contribution >= 0.6 is 23.2 Å². The molecular formula is C27H33Cl2N7O. The smallest absolute Gasteiger partial charge is 0.319 e. The average molecular weight is 543 g/mol. The van der Waals surface area contributed by atoms with E-state index in [-0.39, 0.29) is 17.5 Å². The predicted molar refractivity (Wildman–Crippen MR) is 147 cm³/mol. The number of piperidine rings is 1. The van der Waals surface area contributed by atoms with Gasteiger partial charge < -0.3 is 15.5 Å². The van der Waals surface area contributed by atoms with Crippen molar-refractivity contribution in [2.75, 3.05) is 25.0 Å². The molecule has 1 aliphatic heterocycles. The Morgan fingerprint density at radius 2 is 1.95 bits per heavy atom. The van der Waals surface area contributed by atoms with Gasteiger partial charge in [-0.25, -0.2) is 9.48 Å². The third-order valence-corrected chi connectivity index (χ3v) is 8.61. The number of urea groups is 1. The predicted octanol–water partition coefficient (Wildman–Crippen LogP) is 5.57. The lowest BCUT2D eigenvalue weighted by atomic mass is 9.64. The molecule has 1 saturated heterocycles. The number of rotatable bonds is 6. The minimum atomic E-state index is -0.153. The van der Waals surface area contributed by atoms with Crippen molar-refractivity contribution < 1.29 is 4.79 Å². The van der Waals surface area contributed by atoms with E-state index in [1.54, 1.807) is 11.7 Å². The van der Waals surface area contributed by atoms with Gasteiger partial charge in [0.1, 0.15) is 0 Å². The van der Waals surface area contributed by atoms with E-state index in [0.29, 0.717) is 10.8 Å². The van der Waals surface area contributed by atoms with Crippen LogP contribution in [0.4, 0.5) is 10.5 Å². The number of amides is 2. The number of carbonyl (C=O) groups is 1. The second kappa shape index (κ2) is 11.4. The highest BCUT2D eigenvalue weighted by atomic mass is 35.5. The number of aryl methyl sites for hydroxylation is 1. The molecule has 37 heavy (non-hydrogen) atoms. The zero-order chi connectivity index (χ0) is 25.8. The van der Waals surface area contributed by atoms with Crippen molar-refractivity contribution >= 4 is 34.9 Å². The molecule has 0 bridgehead atoms. The summed E-state index contributed by atoms with van der Waals surface area (Å²) in [6, 6.07) is 13.4. The van der Waals surface area contributed by atoms with Crippen LogP contribution in [0.25, 0.3) is 11.4 Å². The summed E-state index contributed by atoms with van der Waals surface area (Å²) in [6.07, 6.45) is 7.69. The molecular weight excluding hydrogens is 509 g/mol. The van der Waals surface area contributed by atoms with Gasteiger partial charge in [-0.15, -0.1) is 5.10 Å². The number of nitrogens with one attached hydrogen (secondary N) is 2. The number of aromatic nitrogens is 4. The van der Waals surface area contributed by atoms with Crippen LogP contribution in [0.1, 0.15) is 44.1 Å². The largest absolute Gasteiger partial charge is 0.335 e. The third kappa shape index (κ3) is 6.08. The number of anilines is 1. The molecule has 2 aliphatic rings. The van der Waals surface area contributed by atoms with Gasteiger partial charge in [-0.05, 0) is 90.9 Å². The highest BCUT2D eigenvalue weighted by Gasteiger charge is 2.43. The molecule has 2 N–H and O–H groups in total. The van der Waals surface area contributed by atoms with Crippen molar-refractivity contribution in [3.05, 3.63) is 58.1 Å². The minimum absolute atomic E-state index is 0.153. The van der Waals surface area contributed by atoms with E-state index < -0.39 is 0 Å². The van der Waals surface area contributed by atoms with Crippen molar-refractivity contribution in [1.82, 2.24) is 30.4 Å². The van der Waals surface area contributed by atoms with Crippen LogP contribution in [0.5, 0.6) is 0 Å². The lowest BCUT2D eigenvalue weighted by Gasteiger charge is -2.49. The van der Waals surface area contributed by atoms with Gasteiger partial charge in [0.05, 0.1) is 0 Å². The Bertz CT molecular complexity index is 1240. The topological polar surface area (TPSA) is 88.0 Å². The minimum Gasteiger partial charge on any atom is -0.335 e. The van der Waals surface area contributed by atoms with Crippen LogP contribution in [0, 0.1) is 5.41 Å². The van der Waals surface area contributed by atoms with Gasteiger partial charge in [-0.2, -0.15) is 0 Å². The Labute approximate surface area is 227 Å². The maximum absolute atomic E-state index is 13.1. The Hall–Kier alpha value is -2.68. The summed E-state index contributed by atoms with van der Waals surface area (Å²) in [6.45, 7) is 3.06. The zero-order valence-corrected chi connectivity index (χ0v) is 22.6. The first-order valence-electron chi connectivity index (χ1n) is 13.0.